The van der Waals surface area contributed by atoms with E-state index in [2.05, 4.69) is 0 Å². The minimum absolute atomic E-state index is 0. The van der Waals surface area contributed by atoms with E-state index < -0.39 is 6.16 Å². The molecule has 0 aliphatic rings. The average molecular weight is 240 g/mol. The third-order valence-corrected chi connectivity index (χ3v) is 0. The third-order valence-electron chi connectivity index (χ3n) is 0. The standard InChI is InChI=1S/CH2O3.Nd.H2O2/c2-1(3)4;;1-2/h(H2,2,3,4);;1-2H. The van der Waals surface area contributed by atoms with Gasteiger partial charge in [-0.1, -0.05) is 0 Å². The van der Waals surface area contributed by atoms with Gasteiger partial charge in [0.2, 0.25) is 0 Å². The molecule has 5 nitrogen and oxygen atoms in total. The Hall–Kier alpha value is 0.541. The second kappa shape index (κ2) is 16.0. The predicted molar refractivity (Wildman–Crippen MR) is 15.9 cm³/mol. The largest absolute Gasteiger partial charge is 0.503 e. The van der Waals surface area contributed by atoms with Gasteiger partial charge in [-0.2, -0.15) is 0 Å². The van der Waals surface area contributed by atoms with Crippen molar-refractivity contribution in [2.45, 2.75) is 0 Å². The molecule has 0 fully saturated rings. The molecular formula is CH4NdO5. The molecule has 0 aromatic rings. The fraction of sp³-hybridized carbons (Fsp3) is 0. The molecule has 0 aromatic heterocycles. The van der Waals surface area contributed by atoms with Gasteiger partial charge in [0.1, 0.15) is 0 Å². The van der Waals surface area contributed by atoms with Gasteiger partial charge in [0, 0.05) is 40.8 Å². The van der Waals surface area contributed by atoms with E-state index >= 15 is 0 Å². The van der Waals surface area contributed by atoms with Crippen molar-refractivity contribution in [2.75, 3.05) is 0 Å². The van der Waals surface area contributed by atoms with Gasteiger partial charge in [-0.3, -0.25) is 10.5 Å². The van der Waals surface area contributed by atoms with Crippen LogP contribution in [0.3, 0.4) is 0 Å². The zero-order valence-corrected chi connectivity index (χ0v) is 6.41. The molecule has 0 radical (unpaired) electrons. The molecule has 0 rings (SSSR count). The summed E-state index contributed by atoms with van der Waals surface area (Å²) in [6.45, 7) is 0. The van der Waals surface area contributed by atoms with Gasteiger partial charge in [-0.15, -0.1) is 0 Å². The zero-order valence-electron chi connectivity index (χ0n) is 3.20. The van der Waals surface area contributed by atoms with E-state index in [1.807, 2.05) is 0 Å². The summed E-state index contributed by atoms with van der Waals surface area (Å²) in [6.07, 6.45) is -1.83. The van der Waals surface area contributed by atoms with Crippen LogP contribution in [0.15, 0.2) is 0 Å². The Morgan fingerprint density at radius 1 is 1.14 bits per heavy atom. The minimum atomic E-state index is -1.83. The molecular weight excluding hydrogens is 236 g/mol. The molecule has 4 N–H and O–H groups in total. The molecule has 0 unspecified atom stereocenters. The van der Waals surface area contributed by atoms with Gasteiger partial charge in [-0.25, -0.2) is 4.79 Å². The monoisotopic (exact) mass is 238 g/mol. The van der Waals surface area contributed by atoms with Crippen LogP contribution in [0.5, 0.6) is 0 Å². The predicted octanol–water partition coefficient (Wildman–Crippen LogP) is 0.240. The van der Waals surface area contributed by atoms with Crippen molar-refractivity contribution in [2.24, 2.45) is 0 Å². The minimum Gasteiger partial charge on any atom is -0.450 e. The summed E-state index contributed by atoms with van der Waals surface area (Å²) in [5.41, 5.74) is 0. The quantitative estimate of drug-likeness (QED) is 0.359. The smallest absolute Gasteiger partial charge is 0.450 e. The van der Waals surface area contributed by atoms with Crippen LogP contribution in [-0.4, -0.2) is 26.9 Å². The third kappa shape index (κ3) is 461. The summed E-state index contributed by atoms with van der Waals surface area (Å²) in [5.74, 6) is 0. The first-order valence-electron chi connectivity index (χ1n) is 0.851. The summed E-state index contributed by atoms with van der Waals surface area (Å²) < 4.78 is 0. The van der Waals surface area contributed by atoms with Crippen LogP contribution in [0, 0.1) is 40.8 Å². The second-order valence-electron chi connectivity index (χ2n) is 0.283. The topological polar surface area (TPSA) is 98.0 Å². The Balaban J connectivity index is -0.0000000480. The molecule has 0 aliphatic heterocycles. The first-order valence-corrected chi connectivity index (χ1v) is 0.851. The summed E-state index contributed by atoms with van der Waals surface area (Å²) in [5, 5.41) is 25.9. The SMILES string of the molecule is O=C(O)O.OO.[Nd]. The first kappa shape index (κ1) is 15.6. The van der Waals surface area contributed by atoms with Crippen LogP contribution in [-0.2, 0) is 0 Å². The van der Waals surface area contributed by atoms with E-state index in [0.29, 0.717) is 0 Å². The maximum Gasteiger partial charge on any atom is 0.503 e. The molecule has 0 bridgehead atoms. The van der Waals surface area contributed by atoms with Crippen LogP contribution in [0.1, 0.15) is 0 Å². The van der Waals surface area contributed by atoms with E-state index in [-0.39, 0.29) is 40.8 Å². The Kier molecular flexibility index (Phi) is 35.8. The number of hydrogen-bond acceptors (Lipinski definition) is 3. The summed E-state index contributed by atoms with van der Waals surface area (Å²) in [4.78, 5) is 8.56. The number of hydrogen-bond donors (Lipinski definition) is 4. The van der Waals surface area contributed by atoms with Gasteiger partial charge in [0.15, 0.2) is 0 Å². The van der Waals surface area contributed by atoms with Gasteiger partial charge in [-0.05, 0) is 0 Å². The summed E-state index contributed by atoms with van der Waals surface area (Å²) in [7, 11) is 0. The van der Waals surface area contributed by atoms with E-state index in [4.69, 9.17) is 25.5 Å². The molecule has 42 valence electrons. The normalized spacial score (nSPS) is 4.29. The molecule has 0 aromatic carbocycles. The van der Waals surface area contributed by atoms with E-state index in [1.165, 1.54) is 0 Å². The fourth-order valence-corrected chi connectivity index (χ4v) is 0. The van der Waals surface area contributed by atoms with Gasteiger partial charge in [0.05, 0.1) is 0 Å². The summed E-state index contributed by atoms with van der Waals surface area (Å²) >= 11 is 0. The molecule has 0 saturated carbocycles. The Bertz CT molecular complexity index is 31.1. The maximum absolute atomic E-state index is 8.56. The Labute approximate surface area is 72.0 Å². The van der Waals surface area contributed by atoms with Crippen molar-refractivity contribution < 1.29 is 66.4 Å². The van der Waals surface area contributed by atoms with Crippen molar-refractivity contribution in [1.29, 1.82) is 0 Å². The van der Waals surface area contributed by atoms with Crippen LogP contribution >= 0.6 is 0 Å². The summed E-state index contributed by atoms with van der Waals surface area (Å²) in [6, 6.07) is 0. The Morgan fingerprint density at radius 3 is 1.14 bits per heavy atom. The van der Waals surface area contributed by atoms with E-state index in [9.17, 15) is 0 Å². The van der Waals surface area contributed by atoms with Gasteiger partial charge < -0.3 is 10.2 Å². The molecule has 0 amide bonds. The molecule has 6 heteroatoms. The van der Waals surface area contributed by atoms with Crippen molar-refractivity contribution in [1.82, 2.24) is 0 Å². The van der Waals surface area contributed by atoms with E-state index in [1.54, 1.807) is 0 Å². The molecule has 0 saturated heterocycles. The maximum atomic E-state index is 8.56. The van der Waals surface area contributed by atoms with Crippen LogP contribution in [0.25, 0.3) is 0 Å². The number of rotatable bonds is 0. The molecule has 0 atom stereocenters. The number of carbonyl (C=O) groups is 1. The molecule has 0 spiro atoms. The van der Waals surface area contributed by atoms with Crippen molar-refractivity contribution in [3.63, 3.8) is 0 Å². The van der Waals surface area contributed by atoms with Gasteiger partial charge in [0.25, 0.3) is 0 Å². The van der Waals surface area contributed by atoms with Crippen molar-refractivity contribution in [3.05, 3.63) is 0 Å². The zero-order chi connectivity index (χ0) is 5.58. The molecule has 0 heterocycles. The average Bonchev–Trinajstić information content (AvgIpc) is 1.41. The fourth-order valence-electron chi connectivity index (χ4n) is 0. The van der Waals surface area contributed by atoms with Crippen LogP contribution < -0.4 is 0 Å². The van der Waals surface area contributed by atoms with Crippen molar-refractivity contribution >= 4 is 6.16 Å². The molecule has 7 heavy (non-hydrogen) atoms. The van der Waals surface area contributed by atoms with E-state index in [0.717, 1.165) is 0 Å². The molecule has 0 aliphatic carbocycles. The Morgan fingerprint density at radius 2 is 1.14 bits per heavy atom. The van der Waals surface area contributed by atoms with Crippen molar-refractivity contribution in [3.8, 4) is 0 Å². The van der Waals surface area contributed by atoms with Crippen LogP contribution in [0.2, 0.25) is 0 Å². The van der Waals surface area contributed by atoms with Gasteiger partial charge >= 0.3 is 6.16 Å². The second-order valence-corrected chi connectivity index (χ2v) is 0.283. The van der Waals surface area contributed by atoms with Crippen LogP contribution in [0.4, 0.5) is 4.79 Å². The first-order chi connectivity index (χ1) is 2.73. The number of carboxylic acid groups (broad SMARTS) is 2.